The fourth-order valence-corrected chi connectivity index (χ4v) is 3.64. The lowest BCUT2D eigenvalue weighted by molar-refractivity contribution is -0.121. The zero-order valence-electron chi connectivity index (χ0n) is 18.3. The normalized spacial score (nSPS) is 11.7. The third-order valence-electron chi connectivity index (χ3n) is 5.43. The van der Waals surface area contributed by atoms with Crippen LogP contribution in [-0.4, -0.2) is 31.4 Å². The molecule has 3 aromatic carbocycles. The fraction of sp³-hybridized carbons (Fsp3) is 0.280. The van der Waals surface area contributed by atoms with Gasteiger partial charge in [0, 0.05) is 30.4 Å². The Hall–Kier alpha value is -3.38. The van der Waals surface area contributed by atoms with Crippen LogP contribution in [0, 0.1) is 0 Å². The average molecular weight is 419 g/mol. The zero-order chi connectivity index (χ0) is 22.2. The van der Waals surface area contributed by atoms with Crippen molar-refractivity contribution in [1.29, 1.82) is 0 Å². The van der Waals surface area contributed by atoms with E-state index in [1.54, 1.807) is 12.1 Å². The molecule has 0 saturated carbocycles. The van der Waals surface area contributed by atoms with Gasteiger partial charge in [0.05, 0.1) is 6.54 Å². The van der Waals surface area contributed by atoms with Gasteiger partial charge in [0.1, 0.15) is 0 Å². The second-order valence-electron chi connectivity index (χ2n) is 7.39. The molecule has 162 valence electrons. The van der Waals surface area contributed by atoms with Crippen LogP contribution in [0.4, 0.5) is 5.69 Å². The highest BCUT2D eigenvalue weighted by molar-refractivity contribution is 5.95. The lowest BCUT2D eigenvalue weighted by Gasteiger charge is -2.21. The first-order chi connectivity index (χ1) is 15.0. The molecule has 6 heteroatoms. The maximum absolute atomic E-state index is 12.3. The van der Waals surface area contributed by atoms with Crippen LogP contribution < -0.4 is 21.1 Å². The Bertz CT molecular complexity index is 1020. The highest BCUT2D eigenvalue weighted by Crippen LogP contribution is 2.23. The third-order valence-corrected chi connectivity index (χ3v) is 5.43. The summed E-state index contributed by atoms with van der Waals surface area (Å²) in [6.07, 6.45) is 0. The Balaban J connectivity index is 1.50. The van der Waals surface area contributed by atoms with E-state index in [4.69, 9.17) is 0 Å². The van der Waals surface area contributed by atoms with Crippen LogP contribution in [0.25, 0.3) is 10.8 Å². The molecular weight excluding hydrogens is 388 g/mol. The molecule has 0 aromatic heterocycles. The number of carbonyl (C=O) groups is 2. The Labute approximate surface area is 183 Å². The molecule has 0 saturated heterocycles. The van der Waals surface area contributed by atoms with E-state index in [9.17, 15) is 9.59 Å². The number of amides is 2. The maximum Gasteiger partial charge on any atom is 0.269 e. The molecule has 2 amide bonds. The van der Waals surface area contributed by atoms with Gasteiger partial charge in [-0.25, -0.2) is 0 Å². The second kappa shape index (κ2) is 10.6. The summed E-state index contributed by atoms with van der Waals surface area (Å²) in [6.45, 7) is 8.10. The molecule has 0 unspecified atom stereocenters. The smallest absolute Gasteiger partial charge is 0.269 e. The number of nitrogens with zero attached hydrogens (tertiary/aromatic N) is 1. The van der Waals surface area contributed by atoms with Crippen molar-refractivity contribution in [3.8, 4) is 0 Å². The van der Waals surface area contributed by atoms with Crippen LogP contribution in [0.1, 0.15) is 42.7 Å². The second-order valence-corrected chi connectivity index (χ2v) is 7.39. The molecule has 0 aliphatic heterocycles. The Kier molecular flexibility index (Phi) is 7.62. The highest BCUT2D eigenvalue weighted by Gasteiger charge is 2.12. The summed E-state index contributed by atoms with van der Waals surface area (Å²) in [5.41, 5.74) is 7.64. The summed E-state index contributed by atoms with van der Waals surface area (Å²) in [6, 6.07) is 21.6. The van der Waals surface area contributed by atoms with Crippen molar-refractivity contribution in [2.24, 2.45) is 0 Å². The predicted molar refractivity (Wildman–Crippen MR) is 126 cm³/mol. The molecule has 0 radical (unpaired) electrons. The lowest BCUT2D eigenvalue weighted by Crippen LogP contribution is -2.45. The number of hydrogen-bond acceptors (Lipinski definition) is 4. The molecule has 0 aliphatic rings. The topological polar surface area (TPSA) is 73.5 Å². The quantitative estimate of drug-likeness (QED) is 0.487. The zero-order valence-corrected chi connectivity index (χ0v) is 18.3. The molecule has 31 heavy (non-hydrogen) atoms. The van der Waals surface area contributed by atoms with Crippen molar-refractivity contribution in [1.82, 2.24) is 16.2 Å². The van der Waals surface area contributed by atoms with Crippen LogP contribution >= 0.6 is 0 Å². The molecule has 6 nitrogen and oxygen atoms in total. The Morgan fingerprint density at radius 2 is 1.55 bits per heavy atom. The summed E-state index contributed by atoms with van der Waals surface area (Å²) in [4.78, 5) is 26.7. The van der Waals surface area contributed by atoms with Crippen molar-refractivity contribution >= 4 is 28.3 Å². The van der Waals surface area contributed by atoms with E-state index in [-0.39, 0.29) is 24.4 Å². The standard InChI is InChI=1S/C25H30N4O2/c1-4-29(5-2)21-15-13-20(14-16-21)25(31)28-27-24(30)17-26-18(3)22-12-8-10-19-9-6-7-11-23(19)22/h6-16,18,26H,4-5,17H2,1-3H3,(H,27,30)(H,28,31)/t18-/m1/s1. The monoisotopic (exact) mass is 418 g/mol. The lowest BCUT2D eigenvalue weighted by atomic mass is 10.00. The number of anilines is 1. The minimum Gasteiger partial charge on any atom is -0.372 e. The molecule has 3 N–H and O–H groups in total. The predicted octanol–water partition coefficient (Wildman–Crippen LogP) is 3.80. The maximum atomic E-state index is 12.3. The number of nitrogens with one attached hydrogen (secondary N) is 3. The number of carbonyl (C=O) groups excluding carboxylic acids is 2. The van der Waals surface area contributed by atoms with Crippen molar-refractivity contribution < 1.29 is 9.59 Å². The van der Waals surface area contributed by atoms with Crippen molar-refractivity contribution in [3.05, 3.63) is 77.9 Å². The minimum absolute atomic E-state index is 0.0137. The van der Waals surface area contributed by atoms with Gasteiger partial charge in [-0.15, -0.1) is 0 Å². The van der Waals surface area contributed by atoms with Gasteiger partial charge in [-0.2, -0.15) is 0 Å². The summed E-state index contributed by atoms with van der Waals surface area (Å²) in [5, 5.41) is 5.54. The molecular formula is C25H30N4O2. The SMILES string of the molecule is CCN(CC)c1ccc(C(=O)NNC(=O)CN[C@H](C)c2cccc3ccccc23)cc1. The number of hydrazine groups is 1. The van der Waals surface area contributed by atoms with Crippen LogP contribution in [0.3, 0.4) is 0 Å². The summed E-state index contributed by atoms with van der Waals surface area (Å²) >= 11 is 0. The van der Waals surface area contributed by atoms with Gasteiger partial charge in [-0.1, -0.05) is 42.5 Å². The largest absolute Gasteiger partial charge is 0.372 e. The molecule has 0 fully saturated rings. The molecule has 3 rings (SSSR count). The van der Waals surface area contributed by atoms with E-state index < -0.39 is 0 Å². The average Bonchev–Trinajstić information content (AvgIpc) is 2.81. The minimum atomic E-state index is -0.346. The van der Waals surface area contributed by atoms with E-state index in [0.717, 1.165) is 35.1 Å². The van der Waals surface area contributed by atoms with Gasteiger partial charge in [0.25, 0.3) is 11.8 Å². The number of hydrogen-bond donors (Lipinski definition) is 3. The molecule has 0 bridgehead atoms. The van der Waals surface area contributed by atoms with Crippen LogP contribution in [0.15, 0.2) is 66.7 Å². The third kappa shape index (κ3) is 5.61. The molecule has 0 aliphatic carbocycles. The van der Waals surface area contributed by atoms with Gasteiger partial charge in [0.2, 0.25) is 0 Å². The van der Waals surface area contributed by atoms with E-state index in [1.165, 1.54) is 0 Å². The number of rotatable bonds is 8. The van der Waals surface area contributed by atoms with E-state index in [0.29, 0.717) is 5.56 Å². The van der Waals surface area contributed by atoms with Gasteiger partial charge < -0.3 is 10.2 Å². The first-order valence-corrected chi connectivity index (χ1v) is 10.7. The Morgan fingerprint density at radius 1 is 0.871 bits per heavy atom. The number of fused-ring (bicyclic) bond motifs is 1. The molecule has 3 aromatic rings. The first kappa shape index (κ1) is 22.3. The first-order valence-electron chi connectivity index (χ1n) is 10.7. The van der Waals surface area contributed by atoms with Crippen molar-refractivity contribution in [2.45, 2.75) is 26.8 Å². The van der Waals surface area contributed by atoms with Crippen molar-refractivity contribution in [2.75, 3.05) is 24.5 Å². The van der Waals surface area contributed by atoms with Crippen LogP contribution in [-0.2, 0) is 4.79 Å². The number of benzene rings is 3. The summed E-state index contributed by atoms with van der Waals surface area (Å²) in [5.74, 6) is -0.651. The van der Waals surface area contributed by atoms with Gasteiger partial charge in [-0.05, 0) is 61.4 Å². The summed E-state index contributed by atoms with van der Waals surface area (Å²) < 4.78 is 0. The van der Waals surface area contributed by atoms with Crippen LogP contribution in [0.5, 0.6) is 0 Å². The van der Waals surface area contributed by atoms with E-state index in [1.807, 2.05) is 37.3 Å². The van der Waals surface area contributed by atoms with Gasteiger partial charge >= 0.3 is 0 Å². The van der Waals surface area contributed by atoms with Crippen LogP contribution in [0.2, 0.25) is 0 Å². The van der Waals surface area contributed by atoms with Gasteiger partial charge in [0.15, 0.2) is 0 Å². The van der Waals surface area contributed by atoms with Gasteiger partial charge in [-0.3, -0.25) is 20.4 Å². The van der Waals surface area contributed by atoms with E-state index in [2.05, 4.69) is 59.2 Å². The molecule has 0 heterocycles. The fourth-order valence-electron chi connectivity index (χ4n) is 3.64. The molecule has 0 spiro atoms. The summed E-state index contributed by atoms with van der Waals surface area (Å²) in [7, 11) is 0. The Morgan fingerprint density at radius 3 is 2.26 bits per heavy atom. The van der Waals surface area contributed by atoms with E-state index >= 15 is 0 Å². The highest BCUT2D eigenvalue weighted by atomic mass is 16.2. The molecule has 1 atom stereocenters. The van der Waals surface area contributed by atoms with Crippen molar-refractivity contribution in [3.63, 3.8) is 0 Å².